The number of nitrogens with one attached hydrogen (secondary N) is 3. The molecule has 12 heteroatoms. The summed E-state index contributed by atoms with van der Waals surface area (Å²) in [4.78, 5) is 15.4. The highest BCUT2D eigenvalue weighted by molar-refractivity contribution is 7.91. The van der Waals surface area contributed by atoms with Crippen LogP contribution in [0, 0.1) is 19.7 Å². The lowest BCUT2D eigenvalue weighted by molar-refractivity contribution is 0.0946. The molecule has 0 atom stereocenters. The first-order valence-corrected chi connectivity index (χ1v) is 14.9. The number of aromatic nitrogens is 1. The van der Waals surface area contributed by atoms with Crippen molar-refractivity contribution in [1.82, 2.24) is 15.0 Å². The maximum atomic E-state index is 13.8. The predicted octanol–water partition coefficient (Wildman–Crippen LogP) is 4.51. The van der Waals surface area contributed by atoms with Gasteiger partial charge in [-0.2, -0.15) is 0 Å². The van der Waals surface area contributed by atoms with Crippen molar-refractivity contribution in [2.45, 2.75) is 35.0 Å². The molecule has 0 fully saturated rings. The van der Waals surface area contributed by atoms with Crippen LogP contribution in [-0.2, 0) is 19.9 Å². The summed E-state index contributed by atoms with van der Waals surface area (Å²) < 4.78 is 68.2. The topological polar surface area (TPSA) is 125 Å². The van der Waals surface area contributed by atoms with E-state index in [-0.39, 0.29) is 40.4 Å². The van der Waals surface area contributed by atoms with Crippen LogP contribution in [0.3, 0.4) is 0 Å². The Bertz CT molecular complexity index is 1730. The summed E-state index contributed by atoms with van der Waals surface area (Å²) in [6.45, 7) is 3.52. The number of halogens is 2. The smallest absolute Gasteiger partial charge is 0.269 e. The summed E-state index contributed by atoms with van der Waals surface area (Å²) in [5, 5.41) is 3.21. The SMILES string of the molecule is Cc1cc(C)cc(S(=O)(=O)c2c(C(=O)NCCCNS(=O)(=O)c3ccccc3F)[nH]c3ccc(Cl)cc23)c1. The molecule has 1 heterocycles. The molecule has 0 saturated carbocycles. The molecule has 0 saturated heterocycles. The first-order chi connectivity index (χ1) is 17.9. The largest absolute Gasteiger partial charge is 0.351 e. The number of hydrogen-bond donors (Lipinski definition) is 3. The van der Waals surface area contributed by atoms with E-state index < -0.39 is 36.5 Å². The molecule has 8 nitrogen and oxygen atoms in total. The Morgan fingerprint density at radius 2 is 1.63 bits per heavy atom. The van der Waals surface area contributed by atoms with E-state index >= 15 is 0 Å². The summed E-state index contributed by atoms with van der Waals surface area (Å²) in [7, 11) is -8.19. The van der Waals surface area contributed by atoms with E-state index in [1.165, 1.54) is 30.3 Å². The van der Waals surface area contributed by atoms with Gasteiger partial charge in [0.2, 0.25) is 19.9 Å². The molecule has 0 radical (unpaired) electrons. The van der Waals surface area contributed by atoms with E-state index in [2.05, 4.69) is 15.0 Å². The van der Waals surface area contributed by atoms with Crippen molar-refractivity contribution in [3.63, 3.8) is 0 Å². The molecule has 1 aromatic heterocycles. The Hall–Kier alpha value is -3.25. The van der Waals surface area contributed by atoms with Gasteiger partial charge in [-0.15, -0.1) is 0 Å². The van der Waals surface area contributed by atoms with E-state index in [1.54, 1.807) is 26.0 Å². The predicted molar refractivity (Wildman–Crippen MR) is 143 cm³/mol. The van der Waals surface area contributed by atoms with Crippen molar-refractivity contribution < 1.29 is 26.0 Å². The lowest BCUT2D eigenvalue weighted by Crippen LogP contribution is -2.31. The molecule has 4 aromatic rings. The fourth-order valence-electron chi connectivity index (χ4n) is 4.11. The standard InChI is InChI=1S/C26H25ClFN3O5S2/c1-16-12-17(2)14-19(13-16)37(33,34)25-20-15-18(27)8-9-22(20)31-24(25)26(32)29-10-5-11-30-38(35,36)23-7-4-3-6-21(23)28/h3-4,6-9,12-15,30-31H,5,10-11H2,1-2H3,(H,29,32). The monoisotopic (exact) mass is 577 g/mol. The fraction of sp³-hybridized carbons (Fsp3) is 0.192. The van der Waals surface area contributed by atoms with Crippen LogP contribution < -0.4 is 10.0 Å². The lowest BCUT2D eigenvalue weighted by Gasteiger charge is -2.10. The quantitative estimate of drug-likeness (QED) is 0.252. The lowest BCUT2D eigenvalue weighted by atomic mass is 10.2. The molecule has 4 rings (SSSR count). The van der Waals surface area contributed by atoms with Crippen molar-refractivity contribution in [3.8, 4) is 0 Å². The normalized spacial score (nSPS) is 12.1. The van der Waals surface area contributed by atoms with Crippen LogP contribution in [0.15, 0.2) is 75.4 Å². The van der Waals surface area contributed by atoms with E-state index in [0.717, 1.165) is 23.3 Å². The van der Waals surface area contributed by atoms with Crippen molar-refractivity contribution in [2.24, 2.45) is 0 Å². The minimum Gasteiger partial charge on any atom is -0.351 e. The molecule has 3 aromatic carbocycles. The molecule has 0 aliphatic rings. The Morgan fingerprint density at radius 1 is 0.947 bits per heavy atom. The number of carbonyl (C=O) groups is 1. The number of hydrogen-bond acceptors (Lipinski definition) is 5. The van der Waals surface area contributed by atoms with Gasteiger partial charge in [-0.1, -0.05) is 29.8 Å². The van der Waals surface area contributed by atoms with Crippen LogP contribution in [0.1, 0.15) is 28.0 Å². The molecule has 0 aliphatic heterocycles. The van der Waals surface area contributed by atoms with Crippen LogP contribution >= 0.6 is 11.6 Å². The zero-order valence-corrected chi connectivity index (χ0v) is 22.9. The molecule has 3 N–H and O–H groups in total. The van der Waals surface area contributed by atoms with Gasteiger partial charge in [-0.25, -0.2) is 25.9 Å². The number of aryl methyl sites for hydroxylation is 2. The molecule has 0 bridgehead atoms. The first-order valence-electron chi connectivity index (χ1n) is 11.6. The average molecular weight is 578 g/mol. The van der Waals surface area contributed by atoms with E-state index in [4.69, 9.17) is 11.6 Å². The molecule has 0 spiro atoms. The molecule has 38 heavy (non-hydrogen) atoms. The Balaban J connectivity index is 1.55. The van der Waals surface area contributed by atoms with Crippen molar-refractivity contribution >= 4 is 48.3 Å². The van der Waals surface area contributed by atoms with Gasteiger partial charge >= 0.3 is 0 Å². The van der Waals surface area contributed by atoms with Crippen LogP contribution in [-0.4, -0.2) is 40.8 Å². The molecular formula is C26H25ClFN3O5S2. The van der Waals surface area contributed by atoms with Crippen molar-refractivity contribution in [1.29, 1.82) is 0 Å². The highest BCUT2D eigenvalue weighted by Gasteiger charge is 2.30. The van der Waals surface area contributed by atoms with Crippen molar-refractivity contribution in [2.75, 3.05) is 13.1 Å². The third-order valence-electron chi connectivity index (χ3n) is 5.77. The van der Waals surface area contributed by atoms with Crippen LogP contribution in [0.4, 0.5) is 4.39 Å². The van der Waals surface area contributed by atoms with Gasteiger partial charge in [0.05, 0.1) is 4.90 Å². The molecule has 200 valence electrons. The number of rotatable bonds is 9. The van der Waals surface area contributed by atoms with Crippen LogP contribution in [0.25, 0.3) is 10.9 Å². The summed E-state index contributed by atoms with van der Waals surface area (Å²) in [5.41, 5.74) is 1.77. The molecule has 0 unspecified atom stereocenters. The molecule has 0 aliphatic carbocycles. The number of amides is 1. The van der Waals surface area contributed by atoms with Crippen LogP contribution in [0.2, 0.25) is 5.02 Å². The van der Waals surface area contributed by atoms with Gasteiger partial charge in [0.15, 0.2) is 0 Å². The molecular weight excluding hydrogens is 553 g/mol. The summed E-state index contributed by atoms with van der Waals surface area (Å²) in [6.07, 6.45) is 0.171. The minimum atomic E-state index is -4.13. The van der Waals surface area contributed by atoms with Gasteiger partial charge in [0, 0.05) is 29.0 Å². The van der Waals surface area contributed by atoms with Gasteiger partial charge < -0.3 is 10.3 Å². The number of carbonyl (C=O) groups excluding carboxylic acids is 1. The first kappa shape index (κ1) is 27.8. The second-order valence-corrected chi connectivity index (χ2v) is 12.8. The van der Waals surface area contributed by atoms with E-state index in [1.807, 2.05) is 6.07 Å². The number of H-pyrrole nitrogens is 1. The van der Waals surface area contributed by atoms with Gasteiger partial charge in [0.1, 0.15) is 21.3 Å². The number of fused-ring (bicyclic) bond motifs is 1. The van der Waals surface area contributed by atoms with E-state index in [9.17, 15) is 26.0 Å². The maximum absolute atomic E-state index is 13.8. The average Bonchev–Trinajstić information content (AvgIpc) is 3.23. The van der Waals surface area contributed by atoms with E-state index in [0.29, 0.717) is 10.5 Å². The Labute approximate surface area is 225 Å². The Morgan fingerprint density at radius 3 is 2.32 bits per heavy atom. The zero-order valence-electron chi connectivity index (χ0n) is 20.5. The van der Waals surface area contributed by atoms with Gasteiger partial charge in [-0.3, -0.25) is 4.79 Å². The third-order valence-corrected chi connectivity index (χ3v) is 9.32. The fourth-order valence-corrected chi connectivity index (χ4v) is 7.22. The number of sulfonamides is 1. The number of sulfone groups is 1. The number of benzene rings is 3. The highest BCUT2D eigenvalue weighted by Crippen LogP contribution is 2.34. The van der Waals surface area contributed by atoms with Gasteiger partial charge in [0.25, 0.3) is 5.91 Å². The second-order valence-electron chi connectivity index (χ2n) is 8.78. The summed E-state index contributed by atoms with van der Waals surface area (Å²) in [6, 6.07) is 14.6. The minimum absolute atomic E-state index is 0.0256. The summed E-state index contributed by atoms with van der Waals surface area (Å²) in [5.74, 6) is -1.55. The summed E-state index contributed by atoms with van der Waals surface area (Å²) >= 11 is 6.15. The molecule has 1 amide bonds. The second kappa shape index (κ2) is 10.9. The maximum Gasteiger partial charge on any atom is 0.269 e. The number of aromatic amines is 1. The Kier molecular flexibility index (Phi) is 7.93. The highest BCUT2D eigenvalue weighted by atomic mass is 35.5. The zero-order chi connectivity index (χ0) is 27.7. The van der Waals surface area contributed by atoms with Crippen LogP contribution in [0.5, 0.6) is 0 Å². The van der Waals surface area contributed by atoms with Gasteiger partial charge in [-0.05, 0) is 73.9 Å². The van der Waals surface area contributed by atoms with Crippen molar-refractivity contribution in [3.05, 3.63) is 88.3 Å². The third kappa shape index (κ3) is 5.75.